The van der Waals surface area contributed by atoms with E-state index >= 15 is 0 Å². The van der Waals surface area contributed by atoms with Gasteiger partial charge >= 0.3 is 0 Å². The number of nitrogens with zero attached hydrogens (tertiary/aromatic N) is 3. The number of nitrogen functional groups attached to an aromatic ring is 1. The van der Waals surface area contributed by atoms with Crippen LogP contribution in [-0.2, 0) is 11.3 Å². The molecule has 7 nitrogen and oxygen atoms in total. The van der Waals surface area contributed by atoms with Gasteiger partial charge in [-0.05, 0) is 50.8 Å². The molecule has 2 aromatic heterocycles. The van der Waals surface area contributed by atoms with Crippen molar-refractivity contribution in [1.82, 2.24) is 19.9 Å². The van der Waals surface area contributed by atoms with Gasteiger partial charge in [0.05, 0.1) is 23.3 Å². The van der Waals surface area contributed by atoms with Crippen molar-refractivity contribution in [1.29, 1.82) is 0 Å². The molecular formula is C21H25N5O2. The molecule has 0 unspecified atom stereocenters. The van der Waals surface area contributed by atoms with Crippen molar-refractivity contribution in [2.45, 2.75) is 51.3 Å². The van der Waals surface area contributed by atoms with Crippen LogP contribution in [0.3, 0.4) is 0 Å². The summed E-state index contributed by atoms with van der Waals surface area (Å²) in [5.41, 5.74) is 8.67. The first-order valence-electron chi connectivity index (χ1n) is 9.66. The minimum atomic E-state index is 0.0191. The summed E-state index contributed by atoms with van der Waals surface area (Å²) in [7, 11) is 0. The van der Waals surface area contributed by atoms with Crippen LogP contribution in [0.1, 0.15) is 31.4 Å². The molecule has 0 aliphatic heterocycles. The van der Waals surface area contributed by atoms with Gasteiger partial charge in [-0.2, -0.15) is 0 Å². The lowest BCUT2D eigenvalue weighted by atomic mass is 9.93. The molecule has 1 aromatic carbocycles. The van der Waals surface area contributed by atoms with Gasteiger partial charge in [0.15, 0.2) is 0 Å². The van der Waals surface area contributed by atoms with E-state index in [1.807, 2.05) is 31.2 Å². The van der Waals surface area contributed by atoms with Gasteiger partial charge in [-0.25, -0.2) is 4.98 Å². The number of ether oxygens (including phenoxy) is 1. The summed E-state index contributed by atoms with van der Waals surface area (Å²) in [4.78, 5) is 20.7. The summed E-state index contributed by atoms with van der Waals surface area (Å²) < 4.78 is 8.05. The average Bonchev–Trinajstić information content (AvgIpc) is 3.16. The summed E-state index contributed by atoms with van der Waals surface area (Å²) in [5.74, 6) is 0.806. The third kappa shape index (κ3) is 4.08. The average molecular weight is 379 g/mol. The van der Waals surface area contributed by atoms with Gasteiger partial charge in [-0.1, -0.05) is 6.07 Å². The topological polar surface area (TPSA) is 95.1 Å². The lowest BCUT2D eigenvalue weighted by Crippen LogP contribution is -2.41. The molecule has 0 spiro atoms. The Bertz CT molecular complexity index is 962. The Balaban J connectivity index is 1.35. The van der Waals surface area contributed by atoms with Gasteiger partial charge in [-0.15, -0.1) is 0 Å². The van der Waals surface area contributed by atoms with Crippen LogP contribution in [-0.4, -0.2) is 32.6 Å². The zero-order chi connectivity index (χ0) is 19.5. The van der Waals surface area contributed by atoms with Gasteiger partial charge in [0.2, 0.25) is 5.91 Å². The Morgan fingerprint density at radius 2 is 2.14 bits per heavy atom. The van der Waals surface area contributed by atoms with Gasteiger partial charge in [0.25, 0.3) is 0 Å². The largest absolute Gasteiger partial charge is 0.490 e. The van der Waals surface area contributed by atoms with E-state index < -0.39 is 0 Å². The van der Waals surface area contributed by atoms with E-state index in [1.54, 1.807) is 23.3 Å². The minimum absolute atomic E-state index is 0.0191. The number of nitrogens with one attached hydrogen (secondary N) is 1. The second kappa shape index (κ2) is 7.88. The summed E-state index contributed by atoms with van der Waals surface area (Å²) in [6, 6.07) is 7.93. The number of fused-ring (bicyclic) bond motifs is 1. The maximum Gasteiger partial charge on any atom is 0.240 e. The Hall–Kier alpha value is -3.09. The van der Waals surface area contributed by atoms with Crippen molar-refractivity contribution < 1.29 is 9.53 Å². The van der Waals surface area contributed by atoms with Crippen molar-refractivity contribution in [3.8, 4) is 5.75 Å². The predicted molar refractivity (Wildman–Crippen MR) is 108 cm³/mol. The summed E-state index contributed by atoms with van der Waals surface area (Å²) >= 11 is 0. The fourth-order valence-electron chi connectivity index (χ4n) is 3.84. The second-order valence-electron chi connectivity index (χ2n) is 7.40. The second-order valence-corrected chi connectivity index (χ2v) is 7.40. The molecule has 2 heterocycles. The van der Waals surface area contributed by atoms with Crippen molar-refractivity contribution in [3.63, 3.8) is 0 Å². The molecule has 1 aliphatic carbocycles. The van der Waals surface area contributed by atoms with Crippen LogP contribution in [0.15, 0.2) is 43.0 Å². The Morgan fingerprint density at radius 1 is 1.32 bits per heavy atom. The standard InChI is InChI=1S/C21H25N5O2/c1-14-11-17(22)21-18(24-14)3-2-4-19(21)28-16-7-5-15(6-8-16)25-20(27)12-26-10-9-23-13-26/h2-4,9-11,13,15-16H,5-8,12H2,1H3,(H2,22,24)(H,25,27)/t15-,16-. The molecule has 1 fully saturated rings. The van der Waals surface area contributed by atoms with E-state index in [-0.39, 0.29) is 18.1 Å². The molecule has 1 saturated carbocycles. The van der Waals surface area contributed by atoms with E-state index in [9.17, 15) is 4.79 Å². The predicted octanol–water partition coefficient (Wildman–Crippen LogP) is 2.83. The number of pyridine rings is 1. The lowest BCUT2D eigenvalue weighted by Gasteiger charge is -2.30. The van der Waals surface area contributed by atoms with Crippen molar-refractivity contribution in [2.75, 3.05) is 5.73 Å². The number of benzene rings is 1. The molecule has 7 heteroatoms. The molecule has 1 amide bonds. The van der Waals surface area contributed by atoms with Crippen LogP contribution in [0, 0.1) is 6.92 Å². The highest BCUT2D eigenvalue weighted by molar-refractivity contribution is 5.95. The molecule has 0 saturated heterocycles. The molecule has 0 atom stereocenters. The third-order valence-electron chi connectivity index (χ3n) is 5.17. The van der Waals surface area contributed by atoms with Crippen LogP contribution in [0.5, 0.6) is 5.75 Å². The van der Waals surface area contributed by atoms with Crippen molar-refractivity contribution >= 4 is 22.5 Å². The van der Waals surface area contributed by atoms with Gasteiger partial charge in [0, 0.05) is 29.8 Å². The molecule has 4 rings (SSSR count). The van der Waals surface area contributed by atoms with E-state index in [1.165, 1.54) is 0 Å². The monoisotopic (exact) mass is 379 g/mol. The van der Waals surface area contributed by atoms with Crippen molar-refractivity contribution in [2.24, 2.45) is 0 Å². The minimum Gasteiger partial charge on any atom is -0.490 e. The number of nitrogens with two attached hydrogens (primary N) is 1. The molecule has 3 aromatic rings. The van der Waals surface area contributed by atoms with Gasteiger partial charge in [-0.3, -0.25) is 9.78 Å². The fourth-order valence-corrected chi connectivity index (χ4v) is 3.84. The molecular weight excluding hydrogens is 354 g/mol. The Labute approximate surface area is 163 Å². The van der Waals surface area contributed by atoms with Gasteiger partial charge in [0.1, 0.15) is 12.3 Å². The molecule has 28 heavy (non-hydrogen) atoms. The van der Waals surface area contributed by atoms with Crippen LogP contribution in [0.25, 0.3) is 10.9 Å². The van der Waals surface area contributed by atoms with Gasteiger partial charge < -0.3 is 20.4 Å². The number of aryl methyl sites for hydroxylation is 1. The molecule has 146 valence electrons. The number of hydrogen-bond donors (Lipinski definition) is 2. The smallest absolute Gasteiger partial charge is 0.240 e. The van der Waals surface area contributed by atoms with Crippen molar-refractivity contribution in [3.05, 3.63) is 48.7 Å². The summed E-state index contributed by atoms with van der Waals surface area (Å²) in [5, 5.41) is 3.99. The molecule has 0 radical (unpaired) electrons. The molecule has 1 aliphatic rings. The fraction of sp³-hybridized carbons (Fsp3) is 0.381. The SMILES string of the molecule is Cc1cc(N)c2c(O[C@H]3CC[C@H](NC(=O)Cn4ccnc4)CC3)cccc2n1. The van der Waals surface area contributed by atoms with E-state index in [4.69, 9.17) is 10.5 Å². The summed E-state index contributed by atoms with van der Waals surface area (Å²) in [6.45, 7) is 2.24. The Kier molecular flexibility index (Phi) is 5.14. The van der Waals surface area contributed by atoms with Crippen LogP contribution in [0.2, 0.25) is 0 Å². The highest BCUT2D eigenvalue weighted by atomic mass is 16.5. The number of hydrogen-bond acceptors (Lipinski definition) is 5. The quantitative estimate of drug-likeness (QED) is 0.711. The van der Waals surface area contributed by atoms with E-state index in [0.717, 1.165) is 48.0 Å². The van der Waals surface area contributed by atoms with E-state index in [0.29, 0.717) is 12.2 Å². The summed E-state index contributed by atoms with van der Waals surface area (Å²) in [6.07, 6.45) is 8.82. The highest BCUT2D eigenvalue weighted by Crippen LogP contribution is 2.33. The zero-order valence-corrected chi connectivity index (χ0v) is 16.0. The first-order chi connectivity index (χ1) is 13.6. The number of carbonyl (C=O) groups is 1. The third-order valence-corrected chi connectivity index (χ3v) is 5.17. The van der Waals surface area contributed by atoms with Crippen LogP contribution < -0.4 is 15.8 Å². The molecule has 0 bridgehead atoms. The van der Waals surface area contributed by atoms with Crippen LogP contribution in [0.4, 0.5) is 5.69 Å². The highest BCUT2D eigenvalue weighted by Gasteiger charge is 2.24. The number of rotatable bonds is 5. The first kappa shape index (κ1) is 18.3. The van der Waals surface area contributed by atoms with E-state index in [2.05, 4.69) is 15.3 Å². The molecule has 3 N–H and O–H groups in total. The normalized spacial score (nSPS) is 19.5. The Morgan fingerprint density at radius 3 is 2.89 bits per heavy atom. The maximum atomic E-state index is 12.2. The zero-order valence-electron chi connectivity index (χ0n) is 16.0. The van der Waals surface area contributed by atoms with Crippen LogP contribution >= 0.6 is 0 Å². The first-order valence-corrected chi connectivity index (χ1v) is 9.66. The maximum absolute atomic E-state index is 12.2. The number of amides is 1. The number of anilines is 1. The number of aromatic nitrogens is 3. The lowest BCUT2D eigenvalue weighted by molar-refractivity contribution is -0.122. The number of imidazole rings is 1. The number of carbonyl (C=O) groups excluding carboxylic acids is 1.